The van der Waals surface area contributed by atoms with Gasteiger partial charge in [-0.1, -0.05) is 23.8 Å². The molecular weight excluding hydrogens is 174 g/mol. The molecule has 0 fully saturated rings. The number of aliphatic hydroxyl groups excluding tert-OH is 1. The van der Waals surface area contributed by atoms with Gasteiger partial charge in [-0.15, -0.1) is 0 Å². The van der Waals surface area contributed by atoms with Gasteiger partial charge in [0.05, 0.1) is 6.61 Å². The van der Waals surface area contributed by atoms with Crippen molar-refractivity contribution < 1.29 is 5.11 Å². The summed E-state index contributed by atoms with van der Waals surface area (Å²) in [5.41, 5.74) is 3.90. The average molecular weight is 193 g/mol. The van der Waals surface area contributed by atoms with Gasteiger partial charge in [0, 0.05) is 12.6 Å². The van der Waals surface area contributed by atoms with Crippen LogP contribution in [0.15, 0.2) is 18.2 Å². The quantitative estimate of drug-likeness (QED) is 0.764. The van der Waals surface area contributed by atoms with Crippen LogP contribution >= 0.6 is 0 Å². The number of nitrogens with one attached hydrogen (secondary N) is 1. The summed E-state index contributed by atoms with van der Waals surface area (Å²) < 4.78 is 0. The molecule has 2 nitrogen and oxygen atoms in total. The molecular formula is C12H19NO. The summed E-state index contributed by atoms with van der Waals surface area (Å²) in [6.45, 7) is 7.20. The van der Waals surface area contributed by atoms with Gasteiger partial charge in [-0.2, -0.15) is 0 Å². The zero-order valence-electron chi connectivity index (χ0n) is 9.17. The molecule has 0 unspecified atom stereocenters. The topological polar surface area (TPSA) is 32.3 Å². The molecule has 0 bridgehead atoms. The predicted molar refractivity (Wildman–Crippen MR) is 59.3 cm³/mol. The molecule has 0 aliphatic rings. The van der Waals surface area contributed by atoms with Gasteiger partial charge in [0.15, 0.2) is 0 Å². The SMILES string of the molecule is Cc1ccc(CN[C@H](C)CO)c(C)c1. The number of rotatable bonds is 4. The molecule has 0 spiro atoms. The van der Waals surface area contributed by atoms with Crippen molar-refractivity contribution in [3.05, 3.63) is 34.9 Å². The van der Waals surface area contributed by atoms with Crippen LogP contribution in [-0.2, 0) is 6.54 Å². The Hall–Kier alpha value is -0.860. The first kappa shape index (κ1) is 11.2. The van der Waals surface area contributed by atoms with Crippen LogP contribution in [-0.4, -0.2) is 17.8 Å². The standard InChI is InChI=1S/C12H19NO/c1-9-4-5-12(10(2)6-9)7-13-11(3)8-14/h4-6,11,13-14H,7-8H2,1-3H3/t11-/m1/s1. The van der Waals surface area contributed by atoms with Crippen molar-refractivity contribution in [2.24, 2.45) is 0 Å². The summed E-state index contributed by atoms with van der Waals surface area (Å²) in [4.78, 5) is 0. The highest BCUT2D eigenvalue weighted by molar-refractivity contribution is 5.30. The van der Waals surface area contributed by atoms with Gasteiger partial charge in [0.1, 0.15) is 0 Å². The van der Waals surface area contributed by atoms with E-state index >= 15 is 0 Å². The molecule has 0 heterocycles. The Kier molecular flexibility index (Phi) is 4.11. The molecule has 0 aliphatic carbocycles. The molecule has 78 valence electrons. The number of hydrogen-bond donors (Lipinski definition) is 2. The van der Waals surface area contributed by atoms with E-state index in [0.717, 1.165) is 6.54 Å². The monoisotopic (exact) mass is 193 g/mol. The number of aliphatic hydroxyl groups is 1. The maximum atomic E-state index is 8.86. The second-order valence-electron chi connectivity index (χ2n) is 3.89. The summed E-state index contributed by atoms with van der Waals surface area (Å²) in [6, 6.07) is 6.60. The van der Waals surface area contributed by atoms with E-state index < -0.39 is 0 Å². The van der Waals surface area contributed by atoms with Crippen LogP contribution in [0.1, 0.15) is 23.6 Å². The van der Waals surface area contributed by atoms with E-state index in [2.05, 4.69) is 37.4 Å². The molecule has 1 atom stereocenters. The second kappa shape index (κ2) is 5.13. The summed E-state index contributed by atoms with van der Waals surface area (Å²) in [5.74, 6) is 0. The summed E-state index contributed by atoms with van der Waals surface area (Å²) >= 11 is 0. The molecule has 0 aromatic heterocycles. The minimum Gasteiger partial charge on any atom is -0.395 e. The Morgan fingerprint density at radius 3 is 2.64 bits per heavy atom. The van der Waals surface area contributed by atoms with Crippen LogP contribution in [0, 0.1) is 13.8 Å². The summed E-state index contributed by atoms with van der Waals surface area (Å²) in [5, 5.41) is 12.1. The number of hydrogen-bond acceptors (Lipinski definition) is 2. The molecule has 0 saturated heterocycles. The molecule has 0 amide bonds. The van der Waals surface area contributed by atoms with Crippen LogP contribution in [0.25, 0.3) is 0 Å². The first-order valence-corrected chi connectivity index (χ1v) is 5.04. The van der Waals surface area contributed by atoms with Crippen molar-refractivity contribution in [3.63, 3.8) is 0 Å². The van der Waals surface area contributed by atoms with Crippen molar-refractivity contribution in [1.29, 1.82) is 0 Å². The third-order valence-corrected chi connectivity index (χ3v) is 2.41. The van der Waals surface area contributed by atoms with E-state index in [1.54, 1.807) is 0 Å². The Labute approximate surface area is 86.0 Å². The predicted octanol–water partition coefficient (Wildman–Crippen LogP) is 1.77. The van der Waals surface area contributed by atoms with Crippen LogP contribution in [0.4, 0.5) is 0 Å². The fourth-order valence-corrected chi connectivity index (χ4v) is 1.39. The van der Waals surface area contributed by atoms with Crippen LogP contribution < -0.4 is 5.32 Å². The fourth-order valence-electron chi connectivity index (χ4n) is 1.39. The third-order valence-electron chi connectivity index (χ3n) is 2.41. The smallest absolute Gasteiger partial charge is 0.0582 e. The van der Waals surface area contributed by atoms with Gasteiger partial charge in [-0.25, -0.2) is 0 Å². The van der Waals surface area contributed by atoms with Gasteiger partial charge in [0.2, 0.25) is 0 Å². The van der Waals surface area contributed by atoms with E-state index in [-0.39, 0.29) is 12.6 Å². The van der Waals surface area contributed by atoms with Gasteiger partial charge >= 0.3 is 0 Å². The largest absolute Gasteiger partial charge is 0.395 e. The highest BCUT2D eigenvalue weighted by atomic mass is 16.3. The summed E-state index contributed by atoms with van der Waals surface area (Å²) in [7, 11) is 0. The Bertz CT molecular complexity index is 296. The van der Waals surface area contributed by atoms with Crippen molar-refractivity contribution in [2.45, 2.75) is 33.4 Å². The van der Waals surface area contributed by atoms with Crippen molar-refractivity contribution >= 4 is 0 Å². The highest BCUT2D eigenvalue weighted by Crippen LogP contribution is 2.10. The van der Waals surface area contributed by atoms with E-state index in [9.17, 15) is 0 Å². The van der Waals surface area contributed by atoms with Gasteiger partial charge in [0.25, 0.3) is 0 Å². The lowest BCUT2D eigenvalue weighted by Crippen LogP contribution is -2.28. The molecule has 0 radical (unpaired) electrons. The van der Waals surface area contributed by atoms with Gasteiger partial charge in [-0.05, 0) is 31.9 Å². The van der Waals surface area contributed by atoms with Crippen LogP contribution in [0.2, 0.25) is 0 Å². The Morgan fingerprint density at radius 2 is 2.07 bits per heavy atom. The molecule has 2 heteroatoms. The average Bonchev–Trinajstić information content (AvgIpc) is 2.16. The van der Waals surface area contributed by atoms with Crippen molar-refractivity contribution in [3.8, 4) is 0 Å². The van der Waals surface area contributed by atoms with Crippen LogP contribution in [0.3, 0.4) is 0 Å². The van der Waals surface area contributed by atoms with Crippen molar-refractivity contribution in [1.82, 2.24) is 5.32 Å². The summed E-state index contributed by atoms with van der Waals surface area (Å²) in [6.07, 6.45) is 0. The first-order chi connectivity index (χ1) is 6.63. The third kappa shape index (κ3) is 3.13. The molecule has 1 rings (SSSR count). The Balaban J connectivity index is 2.59. The van der Waals surface area contributed by atoms with E-state index in [1.807, 2.05) is 6.92 Å². The zero-order valence-corrected chi connectivity index (χ0v) is 9.17. The second-order valence-corrected chi connectivity index (χ2v) is 3.89. The van der Waals surface area contributed by atoms with Crippen molar-refractivity contribution in [2.75, 3.05) is 6.61 Å². The first-order valence-electron chi connectivity index (χ1n) is 5.04. The maximum absolute atomic E-state index is 8.86. The number of aryl methyl sites for hydroxylation is 2. The van der Waals surface area contributed by atoms with Gasteiger partial charge in [-0.3, -0.25) is 0 Å². The molecule has 1 aromatic rings. The van der Waals surface area contributed by atoms with E-state index in [0.29, 0.717) is 0 Å². The van der Waals surface area contributed by atoms with Crippen LogP contribution in [0.5, 0.6) is 0 Å². The van der Waals surface area contributed by atoms with Gasteiger partial charge < -0.3 is 10.4 Å². The lowest BCUT2D eigenvalue weighted by molar-refractivity contribution is 0.251. The highest BCUT2D eigenvalue weighted by Gasteiger charge is 2.01. The molecule has 2 N–H and O–H groups in total. The minimum absolute atomic E-state index is 0.163. The molecule has 1 aromatic carbocycles. The normalized spacial score (nSPS) is 12.9. The molecule has 0 aliphatic heterocycles. The zero-order chi connectivity index (χ0) is 10.6. The lowest BCUT2D eigenvalue weighted by Gasteiger charge is -2.12. The number of benzene rings is 1. The fraction of sp³-hybridized carbons (Fsp3) is 0.500. The molecule has 14 heavy (non-hydrogen) atoms. The maximum Gasteiger partial charge on any atom is 0.0582 e. The Morgan fingerprint density at radius 1 is 1.36 bits per heavy atom. The lowest BCUT2D eigenvalue weighted by atomic mass is 10.1. The minimum atomic E-state index is 0.163. The molecule has 0 saturated carbocycles. The van der Waals surface area contributed by atoms with E-state index in [4.69, 9.17) is 5.11 Å². The van der Waals surface area contributed by atoms with E-state index in [1.165, 1.54) is 16.7 Å².